The molecule has 0 heterocycles. The summed E-state index contributed by atoms with van der Waals surface area (Å²) in [4.78, 5) is 0. The van der Waals surface area contributed by atoms with Crippen molar-refractivity contribution in [3.05, 3.63) is 0 Å². The van der Waals surface area contributed by atoms with E-state index < -0.39 is 0 Å². The third-order valence-corrected chi connectivity index (χ3v) is 4.16. The maximum atomic E-state index is 2.47. The molecule has 0 radical (unpaired) electrons. The van der Waals surface area contributed by atoms with Crippen LogP contribution in [0, 0.1) is 23.7 Å². The van der Waals surface area contributed by atoms with Crippen molar-refractivity contribution in [3.63, 3.8) is 0 Å². The standard InChI is InChI=1S/C11H20/c1-8-6-7-9(2)11-5-3-4-10(8)11/h8-11H,3-7H2,1-2H3. The van der Waals surface area contributed by atoms with E-state index in [1.54, 1.807) is 0 Å². The maximum Gasteiger partial charge on any atom is -0.0358 e. The molecule has 2 saturated carbocycles. The molecule has 0 aliphatic heterocycles. The van der Waals surface area contributed by atoms with E-state index in [0.29, 0.717) is 0 Å². The van der Waals surface area contributed by atoms with Crippen molar-refractivity contribution in [2.24, 2.45) is 23.7 Å². The van der Waals surface area contributed by atoms with Gasteiger partial charge in [-0.25, -0.2) is 0 Å². The average Bonchev–Trinajstić information content (AvgIpc) is 2.45. The molecule has 0 aromatic carbocycles. The lowest BCUT2D eigenvalue weighted by Crippen LogP contribution is -2.27. The first kappa shape index (κ1) is 7.64. The molecule has 2 aliphatic rings. The van der Waals surface area contributed by atoms with Gasteiger partial charge >= 0.3 is 0 Å². The molecule has 2 fully saturated rings. The Morgan fingerprint density at radius 3 is 1.64 bits per heavy atom. The van der Waals surface area contributed by atoms with Crippen molar-refractivity contribution < 1.29 is 0 Å². The predicted molar refractivity (Wildman–Crippen MR) is 48.4 cm³/mol. The van der Waals surface area contributed by atoms with Crippen LogP contribution in [0.4, 0.5) is 0 Å². The summed E-state index contributed by atoms with van der Waals surface area (Å²) in [6.45, 7) is 4.93. The lowest BCUT2D eigenvalue weighted by atomic mass is 9.69. The summed E-state index contributed by atoms with van der Waals surface area (Å²) in [6.07, 6.45) is 7.60. The summed E-state index contributed by atoms with van der Waals surface area (Å²) < 4.78 is 0. The molecule has 11 heavy (non-hydrogen) atoms. The van der Waals surface area contributed by atoms with Gasteiger partial charge in [0.15, 0.2) is 0 Å². The van der Waals surface area contributed by atoms with Gasteiger partial charge in [-0.1, -0.05) is 33.1 Å². The largest absolute Gasteiger partial charge is 0.0622 e. The van der Waals surface area contributed by atoms with Crippen molar-refractivity contribution >= 4 is 0 Å². The van der Waals surface area contributed by atoms with Crippen LogP contribution in [0.5, 0.6) is 0 Å². The Morgan fingerprint density at radius 2 is 1.18 bits per heavy atom. The topological polar surface area (TPSA) is 0 Å². The molecule has 0 bridgehead atoms. The Kier molecular flexibility index (Phi) is 1.95. The zero-order valence-corrected chi connectivity index (χ0v) is 7.84. The van der Waals surface area contributed by atoms with Crippen LogP contribution in [0.1, 0.15) is 46.0 Å². The summed E-state index contributed by atoms with van der Waals surface area (Å²) >= 11 is 0. The Labute approximate surface area is 70.4 Å². The zero-order valence-electron chi connectivity index (χ0n) is 7.84. The zero-order chi connectivity index (χ0) is 7.84. The quantitative estimate of drug-likeness (QED) is 0.498. The third kappa shape index (κ3) is 1.21. The summed E-state index contributed by atoms with van der Waals surface area (Å²) in [5, 5.41) is 0. The van der Waals surface area contributed by atoms with E-state index in [4.69, 9.17) is 0 Å². The molecular weight excluding hydrogens is 132 g/mol. The molecular formula is C11H20. The van der Waals surface area contributed by atoms with Crippen molar-refractivity contribution in [2.45, 2.75) is 46.0 Å². The van der Waals surface area contributed by atoms with Crippen molar-refractivity contribution in [1.82, 2.24) is 0 Å². The van der Waals surface area contributed by atoms with Crippen LogP contribution < -0.4 is 0 Å². The van der Waals surface area contributed by atoms with Crippen LogP contribution in [-0.4, -0.2) is 0 Å². The molecule has 0 saturated heterocycles. The highest BCUT2D eigenvalue weighted by Crippen LogP contribution is 2.47. The van der Waals surface area contributed by atoms with Crippen LogP contribution in [0.2, 0.25) is 0 Å². The van der Waals surface area contributed by atoms with E-state index in [1.807, 2.05) is 0 Å². The fraction of sp³-hybridized carbons (Fsp3) is 1.00. The minimum atomic E-state index is 1.04. The molecule has 4 unspecified atom stereocenters. The van der Waals surface area contributed by atoms with Crippen LogP contribution in [0.25, 0.3) is 0 Å². The van der Waals surface area contributed by atoms with Gasteiger partial charge in [-0.15, -0.1) is 0 Å². The molecule has 0 aromatic heterocycles. The van der Waals surface area contributed by atoms with Crippen LogP contribution >= 0.6 is 0 Å². The first-order valence-corrected chi connectivity index (χ1v) is 5.29. The molecule has 0 N–H and O–H groups in total. The number of fused-ring (bicyclic) bond motifs is 1. The lowest BCUT2D eigenvalue weighted by molar-refractivity contribution is 0.137. The summed E-state index contributed by atoms with van der Waals surface area (Å²) in [6, 6.07) is 0. The smallest absolute Gasteiger partial charge is 0.0358 e. The van der Waals surface area contributed by atoms with Crippen molar-refractivity contribution in [1.29, 1.82) is 0 Å². The van der Waals surface area contributed by atoms with E-state index >= 15 is 0 Å². The van der Waals surface area contributed by atoms with Gasteiger partial charge in [0.1, 0.15) is 0 Å². The second-order valence-corrected chi connectivity index (χ2v) is 4.79. The van der Waals surface area contributed by atoms with E-state index in [2.05, 4.69) is 13.8 Å². The molecule has 2 rings (SSSR count). The molecule has 4 atom stereocenters. The molecule has 2 aliphatic carbocycles. The average molecular weight is 152 g/mol. The lowest BCUT2D eigenvalue weighted by Gasteiger charge is -2.36. The fourth-order valence-electron chi connectivity index (χ4n) is 3.38. The normalized spacial score (nSPS) is 50.7. The van der Waals surface area contributed by atoms with Crippen molar-refractivity contribution in [3.8, 4) is 0 Å². The molecule has 0 amide bonds. The highest BCUT2D eigenvalue weighted by atomic mass is 14.4. The fourth-order valence-corrected chi connectivity index (χ4v) is 3.38. The Morgan fingerprint density at radius 1 is 0.727 bits per heavy atom. The van der Waals surface area contributed by atoms with E-state index in [9.17, 15) is 0 Å². The van der Waals surface area contributed by atoms with Gasteiger partial charge in [-0.3, -0.25) is 0 Å². The first-order chi connectivity index (χ1) is 5.29. The summed E-state index contributed by atoms with van der Waals surface area (Å²) in [5.41, 5.74) is 0. The molecule has 0 aromatic rings. The van der Waals surface area contributed by atoms with Gasteiger partial charge in [0.25, 0.3) is 0 Å². The molecule has 0 spiro atoms. The van der Waals surface area contributed by atoms with Crippen molar-refractivity contribution in [2.75, 3.05) is 0 Å². The Balaban J connectivity index is 2.08. The van der Waals surface area contributed by atoms with E-state index in [1.165, 1.54) is 32.1 Å². The van der Waals surface area contributed by atoms with Crippen LogP contribution in [-0.2, 0) is 0 Å². The predicted octanol–water partition coefficient (Wildman–Crippen LogP) is 3.47. The summed E-state index contributed by atoms with van der Waals surface area (Å²) in [7, 11) is 0. The second-order valence-electron chi connectivity index (χ2n) is 4.79. The molecule has 0 nitrogen and oxygen atoms in total. The van der Waals surface area contributed by atoms with E-state index in [-0.39, 0.29) is 0 Å². The van der Waals surface area contributed by atoms with Gasteiger partial charge in [0.05, 0.1) is 0 Å². The van der Waals surface area contributed by atoms with Gasteiger partial charge in [0.2, 0.25) is 0 Å². The monoisotopic (exact) mass is 152 g/mol. The highest BCUT2D eigenvalue weighted by Gasteiger charge is 2.37. The highest BCUT2D eigenvalue weighted by molar-refractivity contribution is 4.88. The second kappa shape index (κ2) is 2.80. The van der Waals surface area contributed by atoms with Gasteiger partial charge in [-0.2, -0.15) is 0 Å². The minimum Gasteiger partial charge on any atom is -0.0622 e. The summed E-state index contributed by atoms with van der Waals surface area (Å²) in [5.74, 6) is 4.30. The molecule has 0 heteroatoms. The van der Waals surface area contributed by atoms with Gasteiger partial charge < -0.3 is 0 Å². The Hall–Kier alpha value is 0. The first-order valence-electron chi connectivity index (χ1n) is 5.29. The maximum absolute atomic E-state index is 2.47. The third-order valence-electron chi connectivity index (χ3n) is 4.16. The molecule has 64 valence electrons. The Bertz CT molecular complexity index is 123. The van der Waals surface area contributed by atoms with Crippen LogP contribution in [0.3, 0.4) is 0 Å². The SMILES string of the molecule is CC1CCC(C)C2CCCC12. The van der Waals surface area contributed by atoms with Gasteiger partial charge in [-0.05, 0) is 36.5 Å². The minimum absolute atomic E-state index is 1.04. The van der Waals surface area contributed by atoms with E-state index in [0.717, 1.165) is 23.7 Å². The number of hydrogen-bond acceptors (Lipinski definition) is 0. The van der Waals surface area contributed by atoms with Gasteiger partial charge in [0, 0.05) is 0 Å². The van der Waals surface area contributed by atoms with Crippen LogP contribution in [0.15, 0.2) is 0 Å². The number of rotatable bonds is 0. The number of hydrogen-bond donors (Lipinski definition) is 0.